The monoisotopic (exact) mass is 243 g/mol. The Morgan fingerprint density at radius 2 is 1.88 bits per heavy atom. The summed E-state index contributed by atoms with van der Waals surface area (Å²) in [5.41, 5.74) is 0.587. The Labute approximate surface area is 95.4 Å². The van der Waals surface area contributed by atoms with Gasteiger partial charge >= 0.3 is 6.18 Å². The molecule has 1 aromatic rings. The molecule has 6 heteroatoms. The van der Waals surface area contributed by atoms with Crippen molar-refractivity contribution in [3.05, 3.63) is 35.4 Å². The van der Waals surface area contributed by atoms with E-state index in [4.69, 9.17) is 5.26 Å². The largest absolute Gasteiger partial charge is 0.411 e. The number of halogens is 3. The zero-order chi connectivity index (χ0) is 12.9. The van der Waals surface area contributed by atoms with Gasteiger partial charge < -0.3 is 4.74 Å². The van der Waals surface area contributed by atoms with Crippen LogP contribution >= 0.6 is 0 Å². The van der Waals surface area contributed by atoms with E-state index in [1.165, 1.54) is 24.3 Å². The van der Waals surface area contributed by atoms with Crippen molar-refractivity contribution in [2.24, 2.45) is 0 Å². The topological polar surface area (TPSA) is 50.1 Å². The summed E-state index contributed by atoms with van der Waals surface area (Å²) in [6, 6.07) is 7.44. The Morgan fingerprint density at radius 3 is 2.35 bits per heavy atom. The number of nitriles is 1. The van der Waals surface area contributed by atoms with Crippen LogP contribution in [0.1, 0.15) is 15.9 Å². The molecule has 0 aliphatic heterocycles. The van der Waals surface area contributed by atoms with Crippen LogP contribution < -0.4 is 0 Å². The van der Waals surface area contributed by atoms with Crippen molar-refractivity contribution in [3.63, 3.8) is 0 Å². The molecule has 0 amide bonds. The fourth-order valence-electron chi connectivity index (χ4n) is 1.07. The maximum absolute atomic E-state index is 11.7. The number of carbonyl (C=O) groups excluding carboxylic acids is 1. The summed E-state index contributed by atoms with van der Waals surface area (Å²) in [5.74, 6) is -0.557. The fraction of sp³-hybridized carbons (Fsp3) is 0.273. The van der Waals surface area contributed by atoms with Gasteiger partial charge in [0, 0.05) is 5.56 Å². The first-order valence-corrected chi connectivity index (χ1v) is 4.60. The van der Waals surface area contributed by atoms with E-state index in [0.29, 0.717) is 5.56 Å². The van der Waals surface area contributed by atoms with Gasteiger partial charge in [0.1, 0.15) is 13.2 Å². The van der Waals surface area contributed by atoms with Crippen LogP contribution in [0.5, 0.6) is 0 Å². The molecule has 0 radical (unpaired) electrons. The Morgan fingerprint density at radius 1 is 1.29 bits per heavy atom. The molecule has 17 heavy (non-hydrogen) atoms. The molecule has 0 fully saturated rings. The summed E-state index contributed by atoms with van der Waals surface area (Å²) in [6.45, 7) is -2.08. The SMILES string of the molecule is N#Cc1ccc(C(=O)COCC(F)(F)F)cc1. The second kappa shape index (κ2) is 5.46. The molecule has 0 unspecified atom stereocenters. The van der Waals surface area contributed by atoms with Crippen LogP contribution in [0.2, 0.25) is 0 Å². The molecule has 90 valence electrons. The van der Waals surface area contributed by atoms with Crippen LogP contribution in [0.25, 0.3) is 0 Å². The molecule has 0 saturated carbocycles. The van der Waals surface area contributed by atoms with Crippen LogP contribution in [0.3, 0.4) is 0 Å². The first-order chi connectivity index (χ1) is 7.92. The van der Waals surface area contributed by atoms with Crippen molar-refractivity contribution in [1.29, 1.82) is 5.26 Å². The number of hydrogen-bond acceptors (Lipinski definition) is 3. The number of rotatable bonds is 4. The van der Waals surface area contributed by atoms with Crippen molar-refractivity contribution < 1.29 is 22.7 Å². The van der Waals surface area contributed by atoms with E-state index in [-0.39, 0.29) is 5.56 Å². The van der Waals surface area contributed by atoms with Crippen molar-refractivity contribution in [3.8, 4) is 6.07 Å². The van der Waals surface area contributed by atoms with Crippen LogP contribution in [-0.4, -0.2) is 25.2 Å². The lowest BCUT2D eigenvalue weighted by Crippen LogP contribution is -2.20. The second-order valence-corrected chi connectivity index (χ2v) is 3.22. The predicted octanol–water partition coefficient (Wildman–Crippen LogP) is 2.32. The normalized spacial score (nSPS) is 10.9. The van der Waals surface area contributed by atoms with Gasteiger partial charge in [-0.05, 0) is 12.1 Å². The summed E-state index contributed by atoms with van der Waals surface area (Å²) >= 11 is 0. The van der Waals surface area contributed by atoms with Gasteiger partial charge in [-0.1, -0.05) is 12.1 Å². The summed E-state index contributed by atoms with van der Waals surface area (Å²) < 4.78 is 39.4. The maximum Gasteiger partial charge on any atom is 0.411 e. The molecule has 0 aromatic heterocycles. The number of benzene rings is 1. The maximum atomic E-state index is 11.7. The highest BCUT2D eigenvalue weighted by atomic mass is 19.4. The number of nitrogens with zero attached hydrogens (tertiary/aromatic N) is 1. The van der Waals surface area contributed by atoms with Crippen LogP contribution in [0.15, 0.2) is 24.3 Å². The standard InChI is InChI=1S/C11H8F3NO2/c12-11(13,14)7-17-6-10(16)9-3-1-8(5-15)2-4-9/h1-4H,6-7H2. The summed E-state index contributed by atoms with van der Waals surface area (Å²) in [5, 5.41) is 8.51. The summed E-state index contributed by atoms with van der Waals surface area (Å²) in [4.78, 5) is 11.4. The predicted molar refractivity (Wildman–Crippen MR) is 52.4 cm³/mol. The van der Waals surface area contributed by atoms with E-state index in [2.05, 4.69) is 4.74 Å². The summed E-state index contributed by atoms with van der Waals surface area (Å²) in [7, 11) is 0. The Hall–Kier alpha value is -1.87. The number of ketones is 1. The minimum Gasteiger partial charge on any atom is -0.364 e. The molecule has 0 spiro atoms. The molecule has 0 saturated heterocycles. The average molecular weight is 243 g/mol. The van der Waals surface area contributed by atoms with Gasteiger partial charge in [0.2, 0.25) is 0 Å². The first kappa shape index (κ1) is 13.2. The molecule has 0 aliphatic rings. The van der Waals surface area contributed by atoms with Crippen molar-refractivity contribution in [2.75, 3.05) is 13.2 Å². The number of ether oxygens (including phenoxy) is 1. The highest BCUT2D eigenvalue weighted by Gasteiger charge is 2.27. The zero-order valence-electron chi connectivity index (χ0n) is 8.62. The molecule has 0 atom stereocenters. The van der Waals surface area contributed by atoms with Gasteiger partial charge in [0.15, 0.2) is 5.78 Å². The molecule has 0 N–H and O–H groups in total. The highest BCUT2D eigenvalue weighted by molar-refractivity contribution is 5.97. The number of hydrogen-bond donors (Lipinski definition) is 0. The lowest BCUT2D eigenvalue weighted by atomic mass is 10.1. The van der Waals surface area contributed by atoms with E-state index < -0.39 is 25.2 Å². The first-order valence-electron chi connectivity index (χ1n) is 4.60. The van der Waals surface area contributed by atoms with Gasteiger partial charge in [0.05, 0.1) is 11.6 Å². The van der Waals surface area contributed by atoms with Gasteiger partial charge in [-0.15, -0.1) is 0 Å². The van der Waals surface area contributed by atoms with Gasteiger partial charge in [-0.2, -0.15) is 18.4 Å². The van der Waals surface area contributed by atoms with Crippen molar-refractivity contribution >= 4 is 5.78 Å². The van der Waals surface area contributed by atoms with Gasteiger partial charge in [-0.3, -0.25) is 4.79 Å². The zero-order valence-corrected chi connectivity index (χ0v) is 8.62. The Balaban J connectivity index is 2.50. The average Bonchev–Trinajstić information content (AvgIpc) is 2.27. The molecule has 1 aromatic carbocycles. The smallest absolute Gasteiger partial charge is 0.364 e. The quantitative estimate of drug-likeness (QED) is 0.762. The number of Topliss-reactive ketones (excluding diaryl/α,β-unsaturated/α-hetero) is 1. The Kier molecular flexibility index (Phi) is 4.24. The van der Waals surface area contributed by atoms with Gasteiger partial charge in [-0.25, -0.2) is 0 Å². The van der Waals surface area contributed by atoms with Crippen LogP contribution in [-0.2, 0) is 4.74 Å². The van der Waals surface area contributed by atoms with Gasteiger partial charge in [0.25, 0.3) is 0 Å². The molecule has 1 rings (SSSR count). The minimum absolute atomic E-state index is 0.214. The fourth-order valence-corrected chi connectivity index (χ4v) is 1.07. The van der Waals surface area contributed by atoms with Crippen molar-refractivity contribution in [1.82, 2.24) is 0 Å². The number of alkyl halides is 3. The molecule has 3 nitrogen and oxygen atoms in total. The molecule has 0 bridgehead atoms. The third-order valence-electron chi connectivity index (χ3n) is 1.83. The lowest BCUT2D eigenvalue weighted by Gasteiger charge is -2.06. The summed E-state index contributed by atoms with van der Waals surface area (Å²) in [6.07, 6.45) is -4.44. The molecule has 0 heterocycles. The van der Waals surface area contributed by atoms with Crippen molar-refractivity contribution in [2.45, 2.75) is 6.18 Å². The lowest BCUT2D eigenvalue weighted by molar-refractivity contribution is -0.170. The van der Waals surface area contributed by atoms with Crippen LogP contribution in [0, 0.1) is 11.3 Å². The van der Waals surface area contributed by atoms with E-state index in [1.807, 2.05) is 6.07 Å². The second-order valence-electron chi connectivity index (χ2n) is 3.22. The molecular weight excluding hydrogens is 235 g/mol. The third-order valence-corrected chi connectivity index (χ3v) is 1.83. The molecular formula is C11H8F3NO2. The van der Waals surface area contributed by atoms with E-state index in [1.54, 1.807) is 0 Å². The van der Waals surface area contributed by atoms with E-state index in [9.17, 15) is 18.0 Å². The van der Waals surface area contributed by atoms with E-state index >= 15 is 0 Å². The highest BCUT2D eigenvalue weighted by Crippen LogP contribution is 2.14. The third kappa shape index (κ3) is 4.66. The minimum atomic E-state index is -4.44. The van der Waals surface area contributed by atoms with E-state index in [0.717, 1.165) is 0 Å². The Bertz CT molecular complexity index is 432. The van der Waals surface area contributed by atoms with Crippen LogP contribution in [0.4, 0.5) is 13.2 Å². The number of carbonyl (C=O) groups is 1. The molecule has 0 aliphatic carbocycles.